The molecule has 2 heterocycles. The largest absolute Gasteiger partial charge is 0.573 e. The van der Waals surface area contributed by atoms with Crippen molar-refractivity contribution in [3.8, 4) is 5.75 Å². The molecular weight excluding hydrogens is 471 g/mol. The van der Waals surface area contributed by atoms with Gasteiger partial charge >= 0.3 is 6.36 Å². The Morgan fingerprint density at radius 1 is 1.06 bits per heavy atom. The van der Waals surface area contributed by atoms with Gasteiger partial charge in [0.15, 0.2) is 0 Å². The minimum atomic E-state index is -4.80. The summed E-state index contributed by atoms with van der Waals surface area (Å²) in [6, 6.07) is 11.4. The van der Waals surface area contributed by atoms with Gasteiger partial charge in [0.2, 0.25) is 5.91 Å². The van der Waals surface area contributed by atoms with Crippen molar-refractivity contribution in [3.63, 3.8) is 0 Å². The van der Waals surface area contributed by atoms with E-state index in [0.717, 1.165) is 17.7 Å². The van der Waals surface area contributed by atoms with E-state index >= 15 is 0 Å². The summed E-state index contributed by atoms with van der Waals surface area (Å²) in [5, 5.41) is 8.08. The van der Waals surface area contributed by atoms with Crippen molar-refractivity contribution < 1.29 is 27.5 Å². The number of hydrogen-bond acceptors (Lipinski definition) is 7. The molecule has 0 aliphatic carbocycles. The van der Waals surface area contributed by atoms with Crippen LogP contribution in [0.3, 0.4) is 0 Å². The Kier molecular flexibility index (Phi) is 8.44. The zero-order chi connectivity index (χ0) is 24.6. The Bertz CT molecular complexity index is 1110. The predicted octanol–water partition coefficient (Wildman–Crippen LogP) is 3.75. The molecule has 12 heteroatoms. The van der Waals surface area contributed by atoms with Crippen molar-refractivity contribution in [2.24, 2.45) is 0 Å². The number of nitrogens with one attached hydrogen (secondary N) is 3. The smallest absolute Gasteiger partial charge is 0.406 e. The molecule has 3 N–H and O–H groups in total. The van der Waals surface area contributed by atoms with Gasteiger partial charge < -0.3 is 20.7 Å². The third-order valence-corrected chi connectivity index (χ3v) is 5.40. The van der Waals surface area contributed by atoms with Crippen molar-refractivity contribution in [3.05, 3.63) is 78.2 Å². The SMILES string of the molecule is CNCC(=O)NC(Sc1ncccc1C(=O)Nc1ccc(OC(F)(F)F)cc1)c1ccncc1. The first-order valence-electron chi connectivity index (χ1n) is 9.88. The summed E-state index contributed by atoms with van der Waals surface area (Å²) in [5.74, 6) is -1.17. The van der Waals surface area contributed by atoms with E-state index in [1.54, 1.807) is 43.7 Å². The van der Waals surface area contributed by atoms with Gasteiger partial charge in [-0.25, -0.2) is 4.98 Å². The molecule has 1 unspecified atom stereocenters. The van der Waals surface area contributed by atoms with Crippen molar-refractivity contribution in [2.45, 2.75) is 16.8 Å². The normalized spacial score (nSPS) is 12.0. The Morgan fingerprint density at radius 3 is 2.41 bits per heavy atom. The number of aromatic nitrogens is 2. The Labute approximate surface area is 197 Å². The Morgan fingerprint density at radius 2 is 1.76 bits per heavy atom. The molecule has 0 spiro atoms. The summed E-state index contributed by atoms with van der Waals surface area (Å²) in [4.78, 5) is 33.4. The van der Waals surface area contributed by atoms with Crippen LogP contribution >= 0.6 is 11.8 Å². The molecule has 2 aromatic heterocycles. The van der Waals surface area contributed by atoms with Crippen LogP contribution in [-0.4, -0.2) is 41.7 Å². The number of benzene rings is 1. The lowest BCUT2D eigenvalue weighted by atomic mass is 10.2. The maximum Gasteiger partial charge on any atom is 0.573 e. The van der Waals surface area contributed by atoms with E-state index in [-0.39, 0.29) is 23.7 Å². The van der Waals surface area contributed by atoms with Gasteiger partial charge in [-0.3, -0.25) is 14.6 Å². The lowest BCUT2D eigenvalue weighted by Crippen LogP contribution is -2.34. The quantitative estimate of drug-likeness (QED) is 0.309. The third-order valence-electron chi connectivity index (χ3n) is 4.23. The molecule has 0 aliphatic rings. The van der Waals surface area contributed by atoms with Gasteiger partial charge in [0, 0.05) is 24.3 Å². The fraction of sp³-hybridized carbons (Fsp3) is 0.182. The molecule has 0 fully saturated rings. The van der Waals surface area contributed by atoms with E-state index in [4.69, 9.17) is 0 Å². The third kappa shape index (κ3) is 7.46. The maximum absolute atomic E-state index is 12.9. The first-order chi connectivity index (χ1) is 16.2. The average molecular weight is 491 g/mol. The van der Waals surface area contributed by atoms with Gasteiger partial charge in [-0.1, -0.05) is 11.8 Å². The number of hydrogen-bond donors (Lipinski definition) is 3. The van der Waals surface area contributed by atoms with Crippen LogP contribution in [0, 0.1) is 0 Å². The standard InChI is InChI=1S/C22H20F3N5O3S/c1-26-13-18(31)30-20(14-8-11-27-12-9-14)34-21-17(3-2-10-28-21)19(32)29-15-4-6-16(7-5-15)33-22(23,24)25/h2-12,20,26H,13H2,1H3,(H,29,32)(H,30,31). The topological polar surface area (TPSA) is 105 Å². The van der Waals surface area contributed by atoms with Gasteiger partial charge in [0.25, 0.3) is 5.91 Å². The molecule has 2 amide bonds. The summed E-state index contributed by atoms with van der Waals surface area (Å²) < 4.78 is 40.8. The summed E-state index contributed by atoms with van der Waals surface area (Å²) in [7, 11) is 1.65. The van der Waals surface area contributed by atoms with E-state index in [1.165, 1.54) is 30.1 Å². The van der Waals surface area contributed by atoms with Crippen molar-refractivity contribution in [1.82, 2.24) is 20.6 Å². The van der Waals surface area contributed by atoms with Gasteiger partial charge in [-0.15, -0.1) is 13.2 Å². The second kappa shape index (κ2) is 11.5. The minimum absolute atomic E-state index is 0.103. The summed E-state index contributed by atoms with van der Waals surface area (Å²) >= 11 is 1.17. The average Bonchev–Trinajstić information content (AvgIpc) is 2.80. The minimum Gasteiger partial charge on any atom is -0.406 e. The molecule has 0 saturated heterocycles. The van der Waals surface area contributed by atoms with Crippen LogP contribution in [0.25, 0.3) is 0 Å². The molecule has 34 heavy (non-hydrogen) atoms. The Hall–Kier alpha value is -3.64. The highest BCUT2D eigenvalue weighted by Crippen LogP contribution is 2.34. The van der Waals surface area contributed by atoms with Gasteiger partial charge in [0.1, 0.15) is 16.1 Å². The van der Waals surface area contributed by atoms with E-state index in [1.807, 2.05) is 0 Å². The molecule has 0 bridgehead atoms. The molecule has 1 atom stereocenters. The highest BCUT2D eigenvalue weighted by Gasteiger charge is 2.31. The number of pyridine rings is 2. The molecule has 8 nitrogen and oxygen atoms in total. The van der Waals surface area contributed by atoms with Crippen LogP contribution in [0.4, 0.5) is 18.9 Å². The molecule has 1 aromatic carbocycles. The summed E-state index contributed by atoms with van der Waals surface area (Å²) in [6.07, 6.45) is -0.112. The first kappa shape index (κ1) is 25.0. The van der Waals surface area contributed by atoms with Crippen LogP contribution in [0.15, 0.2) is 72.1 Å². The van der Waals surface area contributed by atoms with Crippen LogP contribution in [0.5, 0.6) is 5.75 Å². The van der Waals surface area contributed by atoms with E-state index in [9.17, 15) is 22.8 Å². The number of rotatable bonds is 9. The maximum atomic E-state index is 12.9. The molecule has 3 aromatic rings. The number of ether oxygens (including phenoxy) is 1. The highest BCUT2D eigenvalue weighted by molar-refractivity contribution is 7.99. The number of alkyl halides is 3. The van der Waals surface area contributed by atoms with Crippen LogP contribution < -0.4 is 20.7 Å². The number of anilines is 1. The highest BCUT2D eigenvalue weighted by atomic mass is 32.2. The van der Waals surface area contributed by atoms with Crippen molar-refractivity contribution in [1.29, 1.82) is 0 Å². The van der Waals surface area contributed by atoms with Crippen LogP contribution in [0.1, 0.15) is 21.3 Å². The predicted molar refractivity (Wildman–Crippen MR) is 120 cm³/mol. The zero-order valence-electron chi connectivity index (χ0n) is 17.8. The molecule has 0 radical (unpaired) electrons. The summed E-state index contributed by atoms with van der Waals surface area (Å²) in [6.45, 7) is 0.103. The molecule has 3 rings (SSSR count). The van der Waals surface area contributed by atoms with Gasteiger partial charge in [-0.05, 0) is 61.1 Å². The number of carbonyl (C=O) groups excluding carboxylic acids is 2. The monoisotopic (exact) mass is 491 g/mol. The number of nitrogens with zero attached hydrogens (tertiary/aromatic N) is 2. The second-order valence-corrected chi connectivity index (χ2v) is 7.85. The van der Waals surface area contributed by atoms with Crippen molar-refractivity contribution in [2.75, 3.05) is 18.9 Å². The number of amides is 2. The van der Waals surface area contributed by atoms with Crippen molar-refractivity contribution >= 4 is 29.3 Å². The number of thioether (sulfide) groups is 1. The van der Waals surface area contributed by atoms with E-state index < -0.39 is 23.4 Å². The van der Waals surface area contributed by atoms with Crippen LogP contribution in [0.2, 0.25) is 0 Å². The van der Waals surface area contributed by atoms with Gasteiger partial charge in [0.05, 0.1) is 12.1 Å². The number of likely N-dealkylation sites (N-methyl/N-ethyl adjacent to an activating group) is 1. The molecule has 178 valence electrons. The van der Waals surface area contributed by atoms with E-state index in [0.29, 0.717) is 5.03 Å². The summed E-state index contributed by atoms with van der Waals surface area (Å²) in [5.41, 5.74) is 1.25. The molecular formula is C22H20F3N5O3S. The fourth-order valence-electron chi connectivity index (χ4n) is 2.78. The van der Waals surface area contributed by atoms with Crippen LogP contribution in [-0.2, 0) is 4.79 Å². The molecule has 0 aliphatic heterocycles. The van der Waals surface area contributed by atoms with Gasteiger partial charge in [-0.2, -0.15) is 0 Å². The fourth-order valence-corrected chi connectivity index (χ4v) is 3.90. The second-order valence-electron chi connectivity index (χ2n) is 6.76. The van der Waals surface area contributed by atoms with E-state index in [2.05, 4.69) is 30.7 Å². The lowest BCUT2D eigenvalue weighted by molar-refractivity contribution is -0.274. The first-order valence-corrected chi connectivity index (χ1v) is 10.8. The number of halogens is 3. The molecule has 0 saturated carbocycles. The Balaban J connectivity index is 1.78. The number of carbonyl (C=O) groups is 2. The zero-order valence-corrected chi connectivity index (χ0v) is 18.6. The lowest BCUT2D eigenvalue weighted by Gasteiger charge is -2.19.